The van der Waals surface area contributed by atoms with Crippen LogP contribution in [0.25, 0.3) is 0 Å². The van der Waals surface area contributed by atoms with Gasteiger partial charge in [0.05, 0.1) is 12.4 Å². The number of aromatic nitrogens is 2. The predicted octanol–water partition coefficient (Wildman–Crippen LogP) is 2.08. The van der Waals surface area contributed by atoms with Crippen LogP contribution in [-0.4, -0.2) is 51.6 Å². The van der Waals surface area contributed by atoms with E-state index in [9.17, 15) is 19.2 Å². The van der Waals surface area contributed by atoms with Crippen LogP contribution in [0.15, 0.2) is 42.9 Å². The minimum absolute atomic E-state index is 0.146. The van der Waals surface area contributed by atoms with E-state index in [0.29, 0.717) is 25.7 Å². The molecule has 9 nitrogen and oxygen atoms in total. The van der Waals surface area contributed by atoms with Crippen molar-refractivity contribution in [3.8, 4) is 0 Å². The van der Waals surface area contributed by atoms with Crippen LogP contribution >= 0.6 is 0 Å². The minimum atomic E-state index is -0.892. The fourth-order valence-corrected chi connectivity index (χ4v) is 3.82. The molecule has 0 aliphatic heterocycles. The summed E-state index contributed by atoms with van der Waals surface area (Å²) < 4.78 is 0. The van der Waals surface area contributed by atoms with E-state index < -0.39 is 29.9 Å². The predicted molar refractivity (Wildman–Crippen MR) is 133 cm³/mol. The average molecular weight is 484 g/mol. The number of benzene rings is 1. The van der Waals surface area contributed by atoms with Crippen LogP contribution in [0.1, 0.15) is 58.2 Å². The van der Waals surface area contributed by atoms with Crippen molar-refractivity contribution < 1.29 is 19.2 Å². The zero-order chi connectivity index (χ0) is 25.8. The first kappa shape index (κ1) is 27.8. The van der Waals surface area contributed by atoms with Crippen molar-refractivity contribution in [3.63, 3.8) is 0 Å². The minimum Gasteiger partial charge on any atom is -0.348 e. The molecule has 4 atom stereocenters. The molecule has 4 N–H and O–H groups in total. The fourth-order valence-electron chi connectivity index (χ4n) is 3.82. The molecule has 1 aromatic carbocycles. The first-order valence-electron chi connectivity index (χ1n) is 12.2. The molecule has 2 rings (SSSR count). The summed E-state index contributed by atoms with van der Waals surface area (Å²) in [6.45, 7) is 6.96. The Balaban J connectivity index is 2.11. The van der Waals surface area contributed by atoms with Gasteiger partial charge in [0.2, 0.25) is 17.7 Å². The molecule has 2 aromatic rings. The molecule has 0 aliphatic rings. The number of carbonyl (C=O) groups is 4. The van der Waals surface area contributed by atoms with E-state index in [1.807, 2.05) is 44.2 Å². The number of nitrogens with one attached hydrogen (secondary N) is 4. The summed E-state index contributed by atoms with van der Waals surface area (Å²) in [6.07, 6.45) is 5.41. The Morgan fingerprint density at radius 3 is 1.94 bits per heavy atom. The van der Waals surface area contributed by atoms with Crippen molar-refractivity contribution in [2.24, 2.45) is 5.92 Å². The van der Waals surface area contributed by atoms with Crippen molar-refractivity contribution in [3.05, 3.63) is 54.1 Å². The van der Waals surface area contributed by atoms with E-state index in [-0.39, 0.29) is 24.0 Å². The van der Waals surface area contributed by atoms with E-state index in [0.717, 1.165) is 11.3 Å². The molecule has 2 unspecified atom stereocenters. The molecule has 0 spiro atoms. The standard InChI is InChI=1S/C26H37N5O4/c1-5-19(14-20-15-27-16-28-20)24(33)30-22(7-3)25(34)31-23(13-18-11-9-8-10-12-18)26(35)29-21(6-2)17(4)32/h8-12,15-16,19,21-23H,5-7,13-14H2,1-4H3,(H,27,28)(H,29,35)(H,30,33)(H,31,34)/t19-,21?,22?,23-/m0/s1. The number of Topliss-reactive ketones (excluding diaryl/α,β-unsaturated/α-hetero) is 1. The smallest absolute Gasteiger partial charge is 0.243 e. The van der Waals surface area contributed by atoms with Crippen molar-refractivity contribution in [1.29, 1.82) is 0 Å². The van der Waals surface area contributed by atoms with Crippen LogP contribution in [0.2, 0.25) is 0 Å². The number of rotatable bonds is 14. The summed E-state index contributed by atoms with van der Waals surface area (Å²) in [4.78, 5) is 57.9. The number of ketones is 1. The number of aromatic amines is 1. The second-order valence-corrected chi connectivity index (χ2v) is 8.69. The average Bonchev–Trinajstić information content (AvgIpc) is 3.37. The van der Waals surface area contributed by atoms with Gasteiger partial charge in [0.15, 0.2) is 5.78 Å². The maximum Gasteiger partial charge on any atom is 0.243 e. The summed E-state index contributed by atoms with van der Waals surface area (Å²) in [5, 5.41) is 8.38. The molecule has 35 heavy (non-hydrogen) atoms. The highest BCUT2D eigenvalue weighted by Crippen LogP contribution is 2.12. The Hall–Kier alpha value is -3.49. The van der Waals surface area contributed by atoms with Gasteiger partial charge in [-0.3, -0.25) is 19.2 Å². The van der Waals surface area contributed by atoms with Gasteiger partial charge in [-0.05, 0) is 31.7 Å². The van der Waals surface area contributed by atoms with Crippen LogP contribution in [0.3, 0.4) is 0 Å². The van der Waals surface area contributed by atoms with Gasteiger partial charge in [-0.1, -0.05) is 51.1 Å². The van der Waals surface area contributed by atoms with Crippen LogP contribution in [0.5, 0.6) is 0 Å². The van der Waals surface area contributed by atoms with Gasteiger partial charge in [0.1, 0.15) is 12.1 Å². The maximum absolute atomic E-state index is 13.1. The lowest BCUT2D eigenvalue weighted by molar-refractivity contribution is -0.134. The molecule has 0 bridgehead atoms. The molecule has 1 heterocycles. The lowest BCUT2D eigenvalue weighted by Crippen LogP contribution is -2.56. The lowest BCUT2D eigenvalue weighted by Gasteiger charge is -2.25. The summed E-state index contributed by atoms with van der Waals surface area (Å²) in [5.74, 6) is -1.56. The number of imidazole rings is 1. The van der Waals surface area contributed by atoms with E-state index in [1.54, 1.807) is 19.4 Å². The molecular weight excluding hydrogens is 446 g/mol. The van der Waals surface area contributed by atoms with Gasteiger partial charge in [-0.15, -0.1) is 0 Å². The Morgan fingerprint density at radius 1 is 0.800 bits per heavy atom. The van der Waals surface area contributed by atoms with Crippen LogP contribution in [0, 0.1) is 5.92 Å². The summed E-state index contributed by atoms with van der Waals surface area (Å²) in [7, 11) is 0. The maximum atomic E-state index is 13.1. The number of nitrogens with zero attached hydrogens (tertiary/aromatic N) is 1. The molecule has 1 aromatic heterocycles. The highest BCUT2D eigenvalue weighted by Gasteiger charge is 2.29. The Morgan fingerprint density at radius 2 is 1.40 bits per heavy atom. The zero-order valence-electron chi connectivity index (χ0n) is 21.0. The third-order valence-electron chi connectivity index (χ3n) is 6.06. The van der Waals surface area contributed by atoms with Crippen molar-refractivity contribution in [2.75, 3.05) is 0 Å². The molecule has 190 valence electrons. The number of H-pyrrole nitrogens is 1. The third-order valence-corrected chi connectivity index (χ3v) is 6.06. The Bertz CT molecular complexity index is 961. The lowest BCUT2D eigenvalue weighted by atomic mass is 9.98. The van der Waals surface area contributed by atoms with Gasteiger partial charge in [0.25, 0.3) is 0 Å². The van der Waals surface area contributed by atoms with Gasteiger partial charge < -0.3 is 20.9 Å². The van der Waals surface area contributed by atoms with Gasteiger partial charge in [-0.2, -0.15) is 0 Å². The summed E-state index contributed by atoms with van der Waals surface area (Å²) in [5.41, 5.74) is 1.71. The topological polar surface area (TPSA) is 133 Å². The first-order valence-corrected chi connectivity index (χ1v) is 12.2. The molecule has 0 radical (unpaired) electrons. The first-order chi connectivity index (χ1) is 16.8. The fraction of sp³-hybridized carbons (Fsp3) is 0.500. The normalized spacial score (nSPS) is 14.3. The molecule has 0 saturated heterocycles. The molecule has 0 aliphatic carbocycles. The highest BCUT2D eigenvalue weighted by molar-refractivity contribution is 5.94. The van der Waals surface area contributed by atoms with E-state index in [1.165, 1.54) is 6.92 Å². The molecule has 3 amide bonds. The summed E-state index contributed by atoms with van der Waals surface area (Å²) in [6, 6.07) is 7.02. The SMILES string of the molecule is CCC(NC(=O)[C@H](Cc1ccccc1)NC(=O)C(CC)NC(=O)[C@@H](CC)Cc1cnc[nH]1)C(C)=O. The summed E-state index contributed by atoms with van der Waals surface area (Å²) >= 11 is 0. The van der Waals surface area contributed by atoms with Crippen LogP contribution < -0.4 is 16.0 Å². The number of amides is 3. The monoisotopic (exact) mass is 483 g/mol. The molecule has 0 fully saturated rings. The molecule has 9 heteroatoms. The third kappa shape index (κ3) is 8.66. The number of carbonyl (C=O) groups excluding carboxylic acids is 4. The number of hydrogen-bond acceptors (Lipinski definition) is 5. The second-order valence-electron chi connectivity index (χ2n) is 8.69. The quantitative estimate of drug-likeness (QED) is 0.327. The van der Waals surface area contributed by atoms with E-state index in [4.69, 9.17) is 0 Å². The van der Waals surface area contributed by atoms with Crippen molar-refractivity contribution in [1.82, 2.24) is 25.9 Å². The van der Waals surface area contributed by atoms with Crippen molar-refractivity contribution in [2.45, 2.75) is 77.9 Å². The van der Waals surface area contributed by atoms with Gasteiger partial charge in [-0.25, -0.2) is 4.98 Å². The molecule has 0 saturated carbocycles. The van der Waals surface area contributed by atoms with Crippen LogP contribution in [0.4, 0.5) is 0 Å². The zero-order valence-corrected chi connectivity index (χ0v) is 21.0. The molecular formula is C26H37N5O4. The van der Waals surface area contributed by atoms with Gasteiger partial charge in [0, 0.05) is 30.7 Å². The van der Waals surface area contributed by atoms with E-state index in [2.05, 4.69) is 25.9 Å². The van der Waals surface area contributed by atoms with E-state index >= 15 is 0 Å². The Labute approximate surface area is 206 Å². The second kappa shape index (κ2) is 14.0. The van der Waals surface area contributed by atoms with Crippen LogP contribution in [-0.2, 0) is 32.0 Å². The van der Waals surface area contributed by atoms with Crippen molar-refractivity contribution >= 4 is 23.5 Å². The number of hydrogen-bond donors (Lipinski definition) is 4. The highest BCUT2D eigenvalue weighted by atomic mass is 16.2. The van der Waals surface area contributed by atoms with Gasteiger partial charge >= 0.3 is 0 Å². The Kier molecular flexibility index (Phi) is 11.1. The largest absolute Gasteiger partial charge is 0.348 e.